The second kappa shape index (κ2) is 65.9. The molecular formula is C70H135NO5. The summed E-state index contributed by atoms with van der Waals surface area (Å²) in [5.41, 5.74) is 0. The molecule has 0 aromatic carbocycles. The van der Waals surface area contributed by atoms with Gasteiger partial charge in [0.05, 0.1) is 25.4 Å². The molecule has 0 rings (SSSR count). The van der Waals surface area contributed by atoms with Crippen LogP contribution in [0.25, 0.3) is 0 Å². The van der Waals surface area contributed by atoms with Gasteiger partial charge in [-0.1, -0.05) is 340 Å². The smallest absolute Gasteiger partial charge is 0.305 e. The maximum Gasteiger partial charge on any atom is 0.305 e. The lowest BCUT2D eigenvalue weighted by atomic mass is 10.0. The SMILES string of the molecule is CCCCCCCC/C=C\CCCCCCCCCC(=O)OCCCCCCCCCCCCCCCCCCCCCCCCCCCCCCCCCCC(=O)NC(CO)C(O)/C=C/CCCCCCCCCC. The summed E-state index contributed by atoms with van der Waals surface area (Å²) in [4.78, 5) is 24.5. The summed E-state index contributed by atoms with van der Waals surface area (Å²) in [5, 5.41) is 23.0. The molecule has 0 heterocycles. The van der Waals surface area contributed by atoms with E-state index in [1.807, 2.05) is 6.08 Å². The number of aliphatic hydroxyl groups excluding tert-OH is 2. The van der Waals surface area contributed by atoms with E-state index in [4.69, 9.17) is 4.74 Å². The number of esters is 1. The molecule has 450 valence electrons. The van der Waals surface area contributed by atoms with Crippen LogP contribution in [0.15, 0.2) is 24.3 Å². The van der Waals surface area contributed by atoms with Crippen molar-refractivity contribution in [2.75, 3.05) is 13.2 Å². The summed E-state index contributed by atoms with van der Waals surface area (Å²) in [6.45, 7) is 4.91. The molecule has 2 unspecified atom stereocenters. The molecular weight excluding hydrogens is 935 g/mol. The highest BCUT2D eigenvalue weighted by atomic mass is 16.5. The molecule has 3 N–H and O–H groups in total. The summed E-state index contributed by atoms with van der Waals surface area (Å²) in [7, 11) is 0. The Bertz CT molecular complexity index is 1190. The molecule has 0 aromatic heterocycles. The maximum atomic E-state index is 12.4. The molecule has 0 aliphatic heterocycles. The molecule has 0 bridgehead atoms. The van der Waals surface area contributed by atoms with Gasteiger partial charge in [-0.15, -0.1) is 0 Å². The van der Waals surface area contributed by atoms with E-state index in [0.717, 1.165) is 44.9 Å². The quantitative estimate of drug-likeness (QED) is 0.0320. The summed E-state index contributed by atoms with van der Waals surface area (Å²) < 4.78 is 5.50. The maximum absolute atomic E-state index is 12.4. The fourth-order valence-electron chi connectivity index (χ4n) is 10.9. The Morgan fingerprint density at radius 1 is 0.355 bits per heavy atom. The molecule has 0 aliphatic carbocycles. The third kappa shape index (κ3) is 61.6. The first-order valence-corrected chi connectivity index (χ1v) is 34.6. The number of unbranched alkanes of at least 4 members (excludes halogenated alkanes) is 52. The molecule has 0 saturated heterocycles. The van der Waals surface area contributed by atoms with Gasteiger partial charge in [-0.3, -0.25) is 9.59 Å². The highest BCUT2D eigenvalue weighted by Crippen LogP contribution is 2.19. The van der Waals surface area contributed by atoms with Crippen molar-refractivity contribution in [3.8, 4) is 0 Å². The largest absolute Gasteiger partial charge is 0.466 e. The number of allylic oxidation sites excluding steroid dienone is 3. The van der Waals surface area contributed by atoms with Crippen LogP contribution in [0.1, 0.15) is 386 Å². The van der Waals surface area contributed by atoms with Crippen LogP contribution in [-0.2, 0) is 14.3 Å². The Morgan fingerprint density at radius 2 is 0.618 bits per heavy atom. The van der Waals surface area contributed by atoms with Crippen LogP contribution in [0, 0.1) is 0 Å². The average molecular weight is 1070 g/mol. The molecule has 76 heavy (non-hydrogen) atoms. The fraction of sp³-hybridized carbons (Fsp3) is 0.914. The van der Waals surface area contributed by atoms with Gasteiger partial charge in [0, 0.05) is 12.8 Å². The van der Waals surface area contributed by atoms with Crippen LogP contribution in [0.5, 0.6) is 0 Å². The third-order valence-corrected chi connectivity index (χ3v) is 16.2. The van der Waals surface area contributed by atoms with E-state index in [2.05, 4.69) is 31.3 Å². The minimum absolute atomic E-state index is 0.0180. The van der Waals surface area contributed by atoms with E-state index in [1.54, 1.807) is 6.08 Å². The van der Waals surface area contributed by atoms with Crippen LogP contribution in [0.3, 0.4) is 0 Å². The van der Waals surface area contributed by atoms with Crippen molar-refractivity contribution in [2.24, 2.45) is 0 Å². The number of amides is 1. The summed E-state index contributed by atoms with van der Waals surface area (Å²) in [6.07, 6.45) is 82.7. The van der Waals surface area contributed by atoms with Gasteiger partial charge in [0.2, 0.25) is 5.91 Å². The van der Waals surface area contributed by atoms with Crippen LogP contribution in [0.4, 0.5) is 0 Å². The van der Waals surface area contributed by atoms with Crippen LogP contribution in [-0.4, -0.2) is 47.4 Å². The zero-order chi connectivity index (χ0) is 55.0. The zero-order valence-corrected chi connectivity index (χ0v) is 51.5. The van der Waals surface area contributed by atoms with E-state index in [0.29, 0.717) is 19.4 Å². The second-order valence-electron chi connectivity index (χ2n) is 23.9. The summed E-state index contributed by atoms with van der Waals surface area (Å²) in [6, 6.07) is -0.622. The van der Waals surface area contributed by atoms with Crippen molar-refractivity contribution in [1.82, 2.24) is 5.32 Å². The standard InChI is InChI=1S/C70H135NO5/c1-3-5-7-9-11-13-15-16-17-34-38-41-44-48-52-56-60-64-70(75)76-65-61-57-53-49-45-42-39-36-33-31-29-27-25-23-21-19-18-20-22-24-26-28-30-32-35-37-40-43-47-51-55-59-63-69(74)71-67(66-72)68(73)62-58-54-50-46-14-12-10-8-6-4-2/h16-17,58,62,67-68,72-73H,3-15,18-57,59-61,63-66H2,1-2H3,(H,71,74)/b17-16-,62-58+. The fourth-order valence-corrected chi connectivity index (χ4v) is 10.9. The van der Waals surface area contributed by atoms with Gasteiger partial charge in [-0.05, 0) is 57.8 Å². The Kier molecular flexibility index (Phi) is 64.4. The molecule has 0 fully saturated rings. The van der Waals surface area contributed by atoms with Gasteiger partial charge >= 0.3 is 5.97 Å². The van der Waals surface area contributed by atoms with Crippen molar-refractivity contribution < 1.29 is 24.5 Å². The lowest BCUT2D eigenvalue weighted by Crippen LogP contribution is -2.45. The second-order valence-corrected chi connectivity index (χ2v) is 23.9. The number of rotatable bonds is 65. The number of carbonyl (C=O) groups is 2. The Morgan fingerprint density at radius 3 is 0.934 bits per heavy atom. The Hall–Kier alpha value is -1.66. The third-order valence-electron chi connectivity index (χ3n) is 16.2. The van der Waals surface area contributed by atoms with Crippen LogP contribution < -0.4 is 5.32 Å². The number of hydrogen-bond acceptors (Lipinski definition) is 5. The molecule has 2 atom stereocenters. The summed E-state index contributed by atoms with van der Waals surface area (Å²) >= 11 is 0. The van der Waals surface area contributed by atoms with Crippen molar-refractivity contribution in [2.45, 2.75) is 398 Å². The van der Waals surface area contributed by atoms with Gasteiger partial charge in [0.1, 0.15) is 0 Å². The van der Waals surface area contributed by atoms with Gasteiger partial charge in [0.15, 0.2) is 0 Å². The number of carbonyl (C=O) groups excluding carboxylic acids is 2. The predicted molar refractivity (Wildman–Crippen MR) is 333 cm³/mol. The van der Waals surface area contributed by atoms with Gasteiger partial charge in [-0.2, -0.15) is 0 Å². The first-order chi connectivity index (χ1) is 37.5. The molecule has 0 radical (unpaired) electrons. The van der Waals surface area contributed by atoms with E-state index in [9.17, 15) is 19.8 Å². The number of nitrogens with one attached hydrogen (secondary N) is 1. The lowest BCUT2D eigenvalue weighted by Gasteiger charge is -2.20. The topological polar surface area (TPSA) is 95.9 Å². The van der Waals surface area contributed by atoms with Gasteiger partial charge in [-0.25, -0.2) is 0 Å². The molecule has 1 amide bonds. The van der Waals surface area contributed by atoms with Crippen molar-refractivity contribution in [3.63, 3.8) is 0 Å². The molecule has 0 spiro atoms. The van der Waals surface area contributed by atoms with Crippen LogP contribution in [0.2, 0.25) is 0 Å². The number of hydrogen-bond donors (Lipinski definition) is 3. The van der Waals surface area contributed by atoms with Crippen molar-refractivity contribution in [3.05, 3.63) is 24.3 Å². The molecule has 6 heteroatoms. The number of ether oxygens (including phenoxy) is 1. The van der Waals surface area contributed by atoms with E-state index in [1.165, 1.54) is 315 Å². The predicted octanol–water partition coefficient (Wildman–Crippen LogP) is 22.1. The van der Waals surface area contributed by atoms with Crippen molar-refractivity contribution in [1.29, 1.82) is 0 Å². The van der Waals surface area contributed by atoms with E-state index >= 15 is 0 Å². The molecule has 0 aromatic rings. The first kappa shape index (κ1) is 74.3. The Labute approximate surface area is 475 Å². The number of aliphatic hydroxyl groups is 2. The Balaban J connectivity index is 3.30. The average Bonchev–Trinajstić information content (AvgIpc) is 3.42. The van der Waals surface area contributed by atoms with Crippen molar-refractivity contribution >= 4 is 11.9 Å². The normalized spacial score (nSPS) is 12.6. The molecule has 0 aliphatic rings. The van der Waals surface area contributed by atoms with Gasteiger partial charge < -0.3 is 20.3 Å². The molecule has 0 saturated carbocycles. The molecule has 6 nitrogen and oxygen atoms in total. The summed E-state index contributed by atoms with van der Waals surface area (Å²) in [5.74, 6) is -0.0458. The lowest BCUT2D eigenvalue weighted by molar-refractivity contribution is -0.143. The van der Waals surface area contributed by atoms with E-state index in [-0.39, 0.29) is 18.5 Å². The van der Waals surface area contributed by atoms with E-state index < -0.39 is 12.1 Å². The zero-order valence-electron chi connectivity index (χ0n) is 51.5. The minimum Gasteiger partial charge on any atom is -0.466 e. The monoisotopic (exact) mass is 1070 g/mol. The van der Waals surface area contributed by atoms with Gasteiger partial charge in [0.25, 0.3) is 0 Å². The highest BCUT2D eigenvalue weighted by Gasteiger charge is 2.18. The van der Waals surface area contributed by atoms with Crippen LogP contribution >= 0.6 is 0 Å². The highest BCUT2D eigenvalue weighted by molar-refractivity contribution is 5.76. The minimum atomic E-state index is -0.839. The first-order valence-electron chi connectivity index (χ1n) is 34.6.